The van der Waals surface area contributed by atoms with E-state index in [-0.39, 0.29) is 0 Å². The molecule has 0 radical (unpaired) electrons. The minimum absolute atomic E-state index is 1.03. The van der Waals surface area contributed by atoms with Crippen molar-refractivity contribution in [1.82, 2.24) is 4.90 Å². The Kier molecular flexibility index (Phi) is 4.03. The van der Waals surface area contributed by atoms with Gasteiger partial charge in [-0.05, 0) is 54.0 Å². The molecule has 0 atom stereocenters. The van der Waals surface area contributed by atoms with E-state index < -0.39 is 0 Å². The number of nitrogens with zero attached hydrogens (tertiary/aromatic N) is 1. The van der Waals surface area contributed by atoms with Crippen molar-refractivity contribution in [1.29, 1.82) is 0 Å². The summed E-state index contributed by atoms with van der Waals surface area (Å²) in [7, 11) is 0. The van der Waals surface area contributed by atoms with Crippen LogP contribution in [0.3, 0.4) is 0 Å². The highest BCUT2D eigenvalue weighted by molar-refractivity contribution is 9.10. The fraction of sp³-hybridized carbons (Fsp3) is 0.500. The van der Waals surface area contributed by atoms with Crippen LogP contribution < -0.4 is 5.32 Å². The molecule has 1 aliphatic heterocycles. The molecule has 0 aromatic heterocycles. The van der Waals surface area contributed by atoms with Crippen molar-refractivity contribution in [3.63, 3.8) is 0 Å². The summed E-state index contributed by atoms with van der Waals surface area (Å²) in [5, 5.41) is 3.45. The Morgan fingerprint density at radius 2 is 1.93 bits per heavy atom. The van der Waals surface area contributed by atoms with Gasteiger partial charge in [0, 0.05) is 23.2 Å². The average Bonchev–Trinajstić information content (AvgIpc) is 2.74. The molecule has 0 amide bonds. The number of rotatable bonds is 4. The van der Waals surface area contributed by atoms with E-state index in [4.69, 9.17) is 0 Å². The number of benzene rings is 1. The first-order chi connectivity index (χ1) is 7.36. The second kappa shape index (κ2) is 5.52. The van der Waals surface area contributed by atoms with Crippen molar-refractivity contribution in [2.75, 3.05) is 31.5 Å². The van der Waals surface area contributed by atoms with E-state index in [0.29, 0.717) is 0 Å². The maximum absolute atomic E-state index is 3.53. The van der Waals surface area contributed by atoms with Gasteiger partial charge in [0.25, 0.3) is 0 Å². The van der Waals surface area contributed by atoms with Crippen molar-refractivity contribution >= 4 is 21.6 Å². The Balaban J connectivity index is 1.75. The van der Waals surface area contributed by atoms with E-state index >= 15 is 0 Å². The molecule has 0 unspecified atom stereocenters. The van der Waals surface area contributed by atoms with Gasteiger partial charge >= 0.3 is 0 Å². The molecule has 0 spiro atoms. The number of halogens is 1. The van der Waals surface area contributed by atoms with Crippen LogP contribution in [-0.2, 0) is 0 Å². The highest BCUT2D eigenvalue weighted by Crippen LogP contribution is 2.20. The summed E-state index contributed by atoms with van der Waals surface area (Å²) in [4.78, 5) is 2.52. The van der Waals surface area contributed by atoms with E-state index in [1.165, 1.54) is 31.6 Å². The Labute approximate surface area is 99.8 Å². The highest BCUT2D eigenvalue weighted by atomic mass is 79.9. The van der Waals surface area contributed by atoms with Crippen molar-refractivity contribution in [2.24, 2.45) is 0 Å². The van der Waals surface area contributed by atoms with Gasteiger partial charge in [-0.1, -0.05) is 12.1 Å². The number of likely N-dealkylation sites (tertiary alicyclic amines) is 1. The van der Waals surface area contributed by atoms with Crippen LogP contribution in [0, 0.1) is 0 Å². The summed E-state index contributed by atoms with van der Waals surface area (Å²) in [6.45, 7) is 4.74. The third-order valence-corrected chi connectivity index (χ3v) is 3.51. The van der Waals surface area contributed by atoms with Crippen LogP contribution in [0.2, 0.25) is 0 Å². The third-order valence-electron chi connectivity index (χ3n) is 2.82. The topological polar surface area (TPSA) is 15.3 Å². The minimum atomic E-state index is 1.03. The molecular weight excluding hydrogens is 252 g/mol. The largest absolute Gasteiger partial charge is 0.383 e. The molecule has 1 heterocycles. The molecular formula is C12H17BrN2. The summed E-state index contributed by atoms with van der Waals surface area (Å²) in [5.41, 5.74) is 1.19. The lowest BCUT2D eigenvalue weighted by molar-refractivity contribution is 0.352. The summed E-state index contributed by atoms with van der Waals surface area (Å²) < 4.78 is 1.14. The van der Waals surface area contributed by atoms with E-state index in [2.05, 4.69) is 44.3 Å². The van der Waals surface area contributed by atoms with Gasteiger partial charge in [0.05, 0.1) is 0 Å². The number of hydrogen-bond donors (Lipinski definition) is 1. The molecule has 1 aliphatic rings. The molecule has 2 rings (SSSR count). The lowest BCUT2D eigenvalue weighted by Crippen LogP contribution is -2.25. The van der Waals surface area contributed by atoms with Gasteiger partial charge in [-0.3, -0.25) is 0 Å². The summed E-state index contributed by atoms with van der Waals surface area (Å²) in [5.74, 6) is 0. The summed E-state index contributed by atoms with van der Waals surface area (Å²) in [6, 6.07) is 8.27. The van der Waals surface area contributed by atoms with E-state index in [1.54, 1.807) is 0 Å². The highest BCUT2D eigenvalue weighted by Gasteiger charge is 2.10. The first kappa shape index (κ1) is 11.0. The fourth-order valence-electron chi connectivity index (χ4n) is 1.96. The zero-order chi connectivity index (χ0) is 10.5. The predicted molar refractivity (Wildman–Crippen MR) is 68.3 cm³/mol. The van der Waals surface area contributed by atoms with Gasteiger partial charge in [-0.2, -0.15) is 0 Å². The first-order valence-electron chi connectivity index (χ1n) is 5.57. The van der Waals surface area contributed by atoms with Crippen LogP contribution >= 0.6 is 15.9 Å². The second-order valence-electron chi connectivity index (χ2n) is 3.96. The molecule has 1 saturated heterocycles. The molecule has 1 aromatic carbocycles. The standard InChI is InChI=1S/C12H17BrN2/c13-11-5-1-2-6-12(11)14-7-10-15-8-3-4-9-15/h1-2,5-6,14H,3-4,7-10H2. The lowest BCUT2D eigenvalue weighted by atomic mass is 10.3. The zero-order valence-electron chi connectivity index (χ0n) is 8.88. The molecule has 1 fully saturated rings. The summed E-state index contributed by atoms with van der Waals surface area (Å²) >= 11 is 3.53. The average molecular weight is 269 g/mol. The van der Waals surface area contributed by atoms with Crippen LogP contribution in [0.15, 0.2) is 28.7 Å². The molecule has 0 bridgehead atoms. The molecule has 82 valence electrons. The van der Waals surface area contributed by atoms with Crippen molar-refractivity contribution in [3.8, 4) is 0 Å². The maximum atomic E-state index is 3.53. The van der Waals surface area contributed by atoms with Gasteiger partial charge < -0.3 is 10.2 Å². The summed E-state index contributed by atoms with van der Waals surface area (Å²) in [6.07, 6.45) is 2.74. The van der Waals surface area contributed by atoms with Crippen molar-refractivity contribution in [3.05, 3.63) is 28.7 Å². The van der Waals surface area contributed by atoms with Gasteiger partial charge in [0.15, 0.2) is 0 Å². The molecule has 2 nitrogen and oxygen atoms in total. The van der Waals surface area contributed by atoms with Gasteiger partial charge in [-0.15, -0.1) is 0 Å². The smallest absolute Gasteiger partial charge is 0.0485 e. The predicted octanol–water partition coefficient (Wildman–Crippen LogP) is 2.96. The normalized spacial score (nSPS) is 16.9. The number of anilines is 1. The fourth-order valence-corrected chi connectivity index (χ4v) is 2.38. The molecule has 1 aromatic rings. The maximum Gasteiger partial charge on any atom is 0.0485 e. The molecule has 3 heteroatoms. The lowest BCUT2D eigenvalue weighted by Gasteiger charge is -2.15. The van der Waals surface area contributed by atoms with Crippen molar-refractivity contribution in [2.45, 2.75) is 12.8 Å². The SMILES string of the molecule is Brc1ccccc1NCCN1CCCC1. The van der Waals surface area contributed by atoms with E-state index in [0.717, 1.165) is 17.6 Å². The molecule has 1 N–H and O–H groups in total. The minimum Gasteiger partial charge on any atom is -0.383 e. The zero-order valence-corrected chi connectivity index (χ0v) is 10.5. The number of para-hydroxylation sites is 1. The van der Waals surface area contributed by atoms with Gasteiger partial charge in [0.1, 0.15) is 0 Å². The Hall–Kier alpha value is -0.540. The molecule has 0 aliphatic carbocycles. The van der Waals surface area contributed by atoms with Crippen LogP contribution in [-0.4, -0.2) is 31.1 Å². The van der Waals surface area contributed by atoms with Gasteiger partial charge in [0.2, 0.25) is 0 Å². The Morgan fingerprint density at radius 1 is 1.20 bits per heavy atom. The molecule has 0 saturated carbocycles. The van der Waals surface area contributed by atoms with Crippen molar-refractivity contribution < 1.29 is 0 Å². The monoisotopic (exact) mass is 268 g/mol. The van der Waals surface area contributed by atoms with Crippen LogP contribution in [0.1, 0.15) is 12.8 Å². The van der Waals surface area contributed by atoms with E-state index in [1.807, 2.05) is 6.07 Å². The third kappa shape index (κ3) is 3.21. The second-order valence-corrected chi connectivity index (χ2v) is 4.81. The number of nitrogens with one attached hydrogen (secondary N) is 1. The van der Waals surface area contributed by atoms with Crippen LogP contribution in [0.25, 0.3) is 0 Å². The van der Waals surface area contributed by atoms with Crippen LogP contribution in [0.4, 0.5) is 5.69 Å². The quantitative estimate of drug-likeness (QED) is 0.904. The van der Waals surface area contributed by atoms with Crippen LogP contribution in [0.5, 0.6) is 0 Å². The molecule has 15 heavy (non-hydrogen) atoms. The Bertz CT molecular complexity index is 308. The number of hydrogen-bond acceptors (Lipinski definition) is 2. The first-order valence-corrected chi connectivity index (χ1v) is 6.36. The van der Waals surface area contributed by atoms with Gasteiger partial charge in [-0.25, -0.2) is 0 Å². The Morgan fingerprint density at radius 3 is 2.67 bits per heavy atom. The van der Waals surface area contributed by atoms with E-state index in [9.17, 15) is 0 Å².